The SMILES string of the molecule is COC(=O)c1ccc(-c2ccc3c(c2)CCN(CCN2CCCC2C)C3=O)c(F)c1. The average Bonchev–Trinajstić information content (AvgIpc) is 3.17. The van der Waals surface area contributed by atoms with Crippen LogP contribution in [0.1, 0.15) is 46.0 Å². The normalized spacial score (nSPS) is 19.1. The van der Waals surface area contributed by atoms with E-state index in [1.165, 1.54) is 26.0 Å². The van der Waals surface area contributed by atoms with E-state index in [4.69, 9.17) is 0 Å². The Balaban J connectivity index is 1.50. The molecule has 158 valence electrons. The molecule has 30 heavy (non-hydrogen) atoms. The van der Waals surface area contributed by atoms with E-state index in [2.05, 4.69) is 16.6 Å². The lowest BCUT2D eigenvalue weighted by Gasteiger charge is -2.31. The Morgan fingerprint density at radius 3 is 2.63 bits per heavy atom. The van der Waals surface area contributed by atoms with Crippen molar-refractivity contribution in [2.24, 2.45) is 0 Å². The summed E-state index contributed by atoms with van der Waals surface area (Å²) >= 11 is 0. The third kappa shape index (κ3) is 3.97. The Bertz CT molecular complexity index is 975. The topological polar surface area (TPSA) is 49.9 Å². The smallest absolute Gasteiger partial charge is 0.337 e. The lowest BCUT2D eigenvalue weighted by atomic mass is 9.93. The monoisotopic (exact) mass is 410 g/mol. The largest absolute Gasteiger partial charge is 0.465 e. The Kier molecular flexibility index (Phi) is 5.86. The van der Waals surface area contributed by atoms with Crippen LogP contribution in [0, 0.1) is 5.82 Å². The van der Waals surface area contributed by atoms with Gasteiger partial charge in [0.25, 0.3) is 5.91 Å². The van der Waals surface area contributed by atoms with Gasteiger partial charge in [0.05, 0.1) is 12.7 Å². The van der Waals surface area contributed by atoms with Crippen LogP contribution in [0.2, 0.25) is 0 Å². The summed E-state index contributed by atoms with van der Waals surface area (Å²) in [6, 6.07) is 10.4. The van der Waals surface area contributed by atoms with Crippen molar-refractivity contribution in [3.05, 3.63) is 58.9 Å². The molecule has 1 saturated heterocycles. The Morgan fingerprint density at radius 1 is 1.13 bits per heavy atom. The fraction of sp³-hybridized carbons (Fsp3) is 0.417. The van der Waals surface area contributed by atoms with Gasteiger partial charge in [0, 0.05) is 36.8 Å². The number of ether oxygens (including phenoxy) is 1. The first-order chi connectivity index (χ1) is 14.5. The maximum Gasteiger partial charge on any atom is 0.337 e. The summed E-state index contributed by atoms with van der Waals surface area (Å²) in [6.45, 7) is 5.70. The molecule has 0 spiro atoms. The molecule has 6 heteroatoms. The van der Waals surface area contributed by atoms with Crippen molar-refractivity contribution in [1.82, 2.24) is 9.80 Å². The third-order valence-corrected chi connectivity index (χ3v) is 6.32. The van der Waals surface area contributed by atoms with Crippen molar-refractivity contribution in [1.29, 1.82) is 0 Å². The summed E-state index contributed by atoms with van der Waals surface area (Å²) in [7, 11) is 1.27. The van der Waals surface area contributed by atoms with Crippen LogP contribution in [0.4, 0.5) is 4.39 Å². The van der Waals surface area contributed by atoms with Gasteiger partial charge in [-0.05, 0) is 62.1 Å². The molecule has 2 heterocycles. The molecular weight excluding hydrogens is 383 g/mol. The predicted octanol–water partition coefficient (Wildman–Crippen LogP) is 3.76. The highest BCUT2D eigenvalue weighted by Gasteiger charge is 2.27. The van der Waals surface area contributed by atoms with E-state index >= 15 is 0 Å². The van der Waals surface area contributed by atoms with Crippen LogP contribution in [0.25, 0.3) is 11.1 Å². The minimum atomic E-state index is -0.570. The molecule has 0 saturated carbocycles. The molecule has 0 N–H and O–H groups in total. The van der Waals surface area contributed by atoms with Gasteiger partial charge in [-0.15, -0.1) is 0 Å². The molecule has 1 atom stereocenters. The number of carbonyl (C=O) groups excluding carboxylic acids is 2. The standard InChI is InChI=1S/C24H27FN2O3/c1-16-4-3-10-26(16)12-13-27-11-9-18-14-17(5-8-21(18)23(27)28)20-7-6-19(15-22(20)25)24(29)30-2/h5-8,14-16H,3-4,9-13H2,1-2H3. The Labute approximate surface area is 176 Å². The van der Waals surface area contributed by atoms with Crippen molar-refractivity contribution < 1.29 is 18.7 Å². The Hall–Kier alpha value is -2.73. The van der Waals surface area contributed by atoms with Gasteiger partial charge in [0.15, 0.2) is 0 Å². The number of rotatable bonds is 5. The summed E-state index contributed by atoms with van der Waals surface area (Å²) in [5.74, 6) is -1.00. The molecule has 1 fully saturated rings. The number of hydrogen-bond donors (Lipinski definition) is 0. The van der Waals surface area contributed by atoms with Gasteiger partial charge in [-0.25, -0.2) is 9.18 Å². The second kappa shape index (κ2) is 8.56. The van der Waals surface area contributed by atoms with E-state index in [9.17, 15) is 14.0 Å². The molecule has 2 aromatic carbocycles. The van der Waals surface area contributed by atoms with Crippen molar-refractivity contribution >= 4 is 11.9 Å². The summed E-state index contributed by atoms with van der Waals surface area (Å²) in [4.78, 5) is 28.9. The number of nitrogens with zero attached hydrogens (tertiary/aromatic N) is 2. The molecular formula is C24H27FN2O3. The number of hydrogen-bond acceptors (Lipinski definition) is 4. The number of carbonyl (C=O) groups is 2. The molecule has 0 bridgehead atoms. The second-order valence-electron chi connectivity index (χ2n) is 8.13. The lowest BCUT2D eigenvalue weighted by molar-refractivity contribution is 0.0599. The van der Waals surface area contributed by atoms with Crippen molar-refractivity contribution in [2.75, 3.05) is 33.3 Å². The van der Waals surface area contributed by atoms with Crippen molar-refractivity contribution in [2.45, 2.75) is 32.2 Å². The predicted molar refractivity (Wildman–Crippen MR) is 113 cm³/mol. The van der Waals surface area contributed by atoms with Crippen LogP contribution in [-0.2, 0) is 11.2 Å². The zero-order valence-electron chi connectivity index (χ0n) is 17.5. The van der Waals surface area contributed by atoms with Gasteiger partial charge >= 0.3 is 5.97 Å². The van der Waals surface area contributed by atoms with Crippen LogP contribution in [0.15, 0.2) is 36.4 Å². The first-order valence-electron chi connectivity index (χ1n) is 10.5. The highest BCUT2D eigenvalue weighted by atomic mass is 19.1. The molecule has 0 radical (unpaired) electrons. The third-order valence-electron chi connectivity index (χ3n) is 6.32. The second-order valence-corrected chi connectivity index (χ2v) is 8.13. The van der Waals surface area contributed by atoms with E-state index in [1.807, 2.05) is 11.0 Å². The van der Waals surface area contributed by atoms with Gasteiger partial charge in [-0.2, -0.15) is 0 Å². The summed E-state index contributed by atoms with van der Waals surface area (Å²) < 4.78 is 19.2. The lowest BCUT2D eigenvalue weighted by Crippen LogP contribution is -2.43. The Morgan fingerprint density at radius 2 is 1.93 bits per heavy atom. The van der Waals surface area contributed by atoms with Gasteiger partial charge < -0.3 is 9.64 Å². The van der Waals surface area contributed by atoms with Crippen LogP contribution in [0.3, 0.4) is 0 Å². The molecule has 2 aliphatic heterocycles. The first kappa shape index (κ1) is 20.5. The maximum atomic E-state index is 14.6. The van der Waals surface area contributed by atoms with Crippen LogP contribution in [0.5, 0.6) is 0 Å². The molecule has 1 unspecified atom stereocenters. The van der Waals surface area contributed by atoms with Gasteiger partial charge in [0.2, 0.25) is 0 Å². The molecule has 0 aromatic heterocycles. The number of methoxy groups -OCH3 is 1. The van der Waals surface area contributed by atoms with Crippen LogP contribution in [-0.4, -0.2) is 61.0 Å². The minimum Gasteiger partial charge on any atom is -0.465 e. The van der Waals surface area contributed by atoms with Crippen LogP contribution >= 0.6 is 0 Å². The molecule has 1 amide bonds. The number of esters is 1. The molecule has 4 rings (SSSR count). The van der Waals surface area contributed by atoms with E-state index in [0.717, 1.165) is 31.6 Å². The highest BCUT2D eigenvalue weighted by Crippen LogP contribution is 2.29. The van der Waals surface area contributed by atoms with E-state index in [1.54, 1.807) is 24.3 Å². The molecule has 0 aliphatic carbocycles. The number of halogens is 1. The number of likely N-dealkylation sites (tertiary alicyclic amines) is 1. The van der Waals surface area contributed by atoms with E-state index in [0.29, 0.717) is 29.3 Å². The quantitative estimate of drug-likeness (QED) is 0.705. The first-order valence-corrected chi connectivity index (χ1v) is 10.5. The number of benzene rings is 2. The maximum absolute atomic E-state index is 14.6. The van der Waals surface area contributed by atoms with E-state index < -0.39 is 11.8 Å². The fourth-order valence-electron chi connectivity index (χ4n) is 4.49. The van der Waals surface area contributed by atoms with Crippen molar-refractivity contribution in [3.63, 3.8) is 0 Å². The fourth-order valence-corrected chi connectivity index (χ4v) is 4.49. The van der Waals surface area contributed by atoms with Gasteiger partial charge in [0.1, 0.15) is 5.82 Å². The average molecular weight is 410 g/mol. The van der Waals surface area contributed by atoms with Crippen LogP contribution < -0.4 is 0 Å². The van der Waals surface area contributed by atoms with Crippen molar-refractivity contribution in [3.8, 4) is 11.1 Å². The number of fused-ring (bicyclic) bond motifs is 1. The number of amides is 1. The van der Waals surface area contributed by atoms with Gasteiger partial charge in [-0.3, -0.25) is 9.69 Å². The van der Waals surface area contributed by atoms with E-state index in [-0.39, 0.29) is 11.5 Å². The summed E-state index contributed by atoms with van der Waals surface area (Å²) in [5, 5.41) is 0. The zero-order valence-corrected chi connectivity index (χ0v) is 17.5. The zero-order chi connectivity index (χ0) is 21.3. The van der Waals surface area contributed by atoms with Gasteiger partial charge in [-0.1, -0.05) is 18.2 Å². The summed E-state index contributed by atoms with van der Waals surface area (Å²) in [5.41, 5.74) is 2.93. The molecule has 5 nitrogen and oxygen atoms in total. The molecule has 2 aromatic rings. The highest BCUT2D eigenvalue weighted by molar-refractivity contribution is 5.97. The minimum absolute atomic E-state index is 0.0520. The molecule has 2 aliphatic rings. The summed E-state index contributed by atoms with van der Waals surface area (Å²) in [6.07, 6.45) is 3.22.